The van der Waals surface area contributed by atoms with Gasteiger partial charge in [0, 0.05) is 12.6 Å². The second-order valence-corrected chi connectivity index (χ2v) is 4.50. The van der Waals surface area contributed by atoms with Crippen molar-refractivity contribution >= 4 is 5.69 Å². The van der Waals surface area contributed by atoms with E-state index in [1.165, 1.54) is 0 Å². The first-order valence-corrected chi connectivity index (χ1v) is 6.35. The highest BCUT2D eigenvalue weighted by molar-refractivity contribution is 5.56. The van der Waals surface area contributed by atoms with Gasteiger partial charge >= 0.3 is 0 Å². The molecule has 2 aromatic rings. The van der Waals surface area contributed by atoms with Crippen molar-refractivity contribution in [2.45, 2.75) is 33.4 Å². The van der Waals surface area contributed by atoms with Gasteiger partial charge in [-0.1, -0.05) is 0 Å². The fraction of sp³-hybridized carbons (Fsp3) is 0.357. The zero-order valence-electron chi connectivity index (χ0n) is 11.5. The summed E-state index contributed by atoms with van der Waals surface area (Å²) in [5.41, 5.74) is 6.46. The van der Waals surface area contributed by atoms with Crippen molar-refractivity contribution < 1.29 is 9.47 Å². The van der Waals surface area contributed by atoms with Crippen LogP contribution in [0, 0.1) is 0 Å². The number of nitrogens with zero attached hydrogens (tertiary/aromatic N) is 2. The van der Waals surface area contributed by atoms with Crippen molar-refractivity contribution in [2.75, 3.05) is 5.73 Å². The second-order valence-electron chi connectivity index (χ2n) is 4.50. The van der Waals surface area contributed by atoms with Crippen LogP contribution in [0.3, 0.4) is 0 Å². The van der Waals surface area contributed by atoms with Gasteiger partial charge in [-0.25, -0.2) is 0 Å². The molecule has 0 aliphatic rings. The second kappa shape index (κ2) is 5.65. The lowest BCUT2D eigenvalue weighted by Crippen LogP contribution is -2.07. The summed E-state index contributed by atoms with van der Waals surface area (Å²) in [6.45, 7) is 6.75. The maximum atomic E-state index is 5.86. The van der Waals surface area contributed by atoms with Gasteiger partial charge in [-0.2, -0.15) is 5.10 Å². The molecule has 1 aromatic heterocycles. The number of nitrogens with two attached hydrogens (primary N) is 1. The van der Waals surface area contributed by atoms with Crippen LogP contribution in [0.5, 0.6) is 17.2 Å². The summed E-state index contributed by atoms with van der Waals surface area (Å²) in [5, 5.41) is 4.15. The maximum absolute atomic E-state index is 5.86. The Hall–Kier alpha value is -2.17. The smallest absolute Gasteiger partial charge is 0.165 e. The van der Waals surface area contributed by atoms with Crippen LogP contribution in [-0.2, 0) is 6.54 Å². The van der Waals surface area contributed by atoms with Gasteiger partial charge in [0.1, 0.15) is 11.5 Å². The quantitative estimate of drug-likeness (QED) is 0.840. The van der Waals surface area contributed by atoms with Gasteiger partial charge in [-0.3, -0.25) is 4.68 Å². The molecule has 0 aliphatic carbocycles. The Bertz CT molecular complexity index is 549. The molecular weight excluding hydrogens is 242 g/mol. The van der Waals surface area contributed by atoms with Gasteiger partial charge in [0.15, 0.2) is 5.75 Å². The molecule has 0 saturated heterocycles. The molecule has 2 rings (SSSR count). The van der Waals surface area contributed by atoms with E-state index in [0.29, 0.717) is 22.9 Å². The highest BCUT2D eigenvalue weighted by atomic mass is 16.5. The Morgan fingerprint density at radius 1 is 1.32 bits per heavy atom. The SMILES string of the molecule is CCn1cc(Oc2ccc(N)c(OC(C)C)c2)cn1. The molecule has 102 valence electrons. The molecule has 0 aliphatic heterocycles. The molecule has 5 nitrogen and oxygen atoms in total. The van der Waals surface area contributed by atoms with Gasteiger partial charge in [0.2, 0.25) is 0 Å². The van der Waals surface area contributed by atoms with Gasteiger partial charge in [-0.05, 0) is 32.9 Å². The summed E-state index contributed by atoms with van der Waals surface area (Å²) in [7, 11) is 0. The van der Waals surface area contributed by atoms with Crippen LogP contribution < -0.4 is 15.2 Å². The first-order valence-electron chi connectivity index (χ1n) is 6.35. The zero-order valence-corrected chi connectivity index (χ0v) is 11.5. The Morgan fingerprint density at radius 3 is 2.74 bits per heavy atom. The van der Waals surface area contributed by atoms with Crippen molar-refractivity contribution in [2.24, 2.45) is 0 Å². The summed E-state index contributed by atoms with van der Waals surface area (Å²) >= 11 is 0. The molecule has 19 heavy (non-hydrogen) atoms. The van der Waals surface area contributed by atoms with Crippen molar-refractivity contribution in [3.05, 3.63) is 30.6 Å². The van der Waals surface area contributed by atoms with Gasteiger partial charge in [-0.15, -0.1) is 0 Å². The van der Waals surface area contributed by atoms with E-state index in [2.05, 4.69) is 5.10 Å². The molecule has 0 saturated carbocycles. The molecule has 0 spiro atoms. The predicted octanol–water partition coefficient (Wildman–Crippen LogP) is 3.06. The lowest BCUT2D eigenvalue weighted by molar-refractivity contribution is 0.243. The number of aromatic nitrogens is 2. The molecule has 0 radical (unpaired) electrons. The third-order valence-electron chi connectivity index (χ3n) is 2.52. The number of anilines is 1. The van der Waals surface area contributed by atoms with Crippen molar-refractivity contribution in [1.29, 1.82) is 0 Å². The molecule has 0 fully saturated rings. The minimum atomic E-state index is 0.0698. The average molecular weight is 261 g/mol. The van der Waals surface area contributed by atoms with Crippen LogP contribution in [0.4, 0.5) is 5.69 Å². The monoisotopic (exact) mass is 261 g/mol. The molecule has 1 heterocycles. The van der Waals surface area contributed by atoms with Gasteiger partial charge in [0.25, 0.3) is 0 Å². The summed E-state index contributed by atoms with van der Waals surface area (Å²) in [6.07, 6.45) is 3.60. The number of nitrogen functional groups attached to an aromatic ring is 1. The van der Waals surface area contributed by atoms with Crippen LogP contribution in [0.1, 0.15) is 20.8 Å². The molecule has 0 amide bonds. The number of rotatable bonds is 5. The Labute approximate surface area is 112 Å². The molecule has 0 atom stereocenters. The largest absolute Gasteiger partial charge is 0.489 e. The number of hydrogen-bond acceptors (Lipinski definition) is 4. The summed E-state index contributed by atoms with van der Waals surface area (Å²) in [4.78, 5) is 0. The molecule has 1 aromatic carbocycles. The van der Waals surface area contributed by atoms with Crippen LogP contribution in [0.15, 0.2) is 30.6 Å². The van der Waals surface area contributed by atoms with E-state index < -0.39 is 0 Å². The van der Waals surface area contributed by atoms with E-state index >= 15 is 0 Å². The van der Waals surface area contributed by atoms with Gasteiger partial charge < -0.3 is 15.2 Å². The van der Waals surface area contributed by atoms with Crippen molar-refractivity contribution in [3.63, 3.8) is 0 Å². The van der Waals surface area contributed by atoms with Crippen molar-refractivity contribution in [1.82, 2.24) is 9.78 Å². The summed E-state index contributed by atoms with van der Waals surface area (Å²) in [5.74, 6) is 2.01. The van der Waals surface area contributed by atoms with E-state index in [1.807, 2.05) is 33.0 Å². The standard InChI is InChI=1S/C14H19N3O2/c1-4-17-9-12(8-16-17)19-11-5-6-13(15)14(7-11)18-10(2)3/h5-10H,4,15H2,1-3H3. The zero-order chi connectivity index (χ0) is 13.8. The third-order valence-corrected chi connectivity index (χ3v) is 2.52. The van der Waals surface area contributed by atoms with E-state index in [0.717, 1.165) is 6.54 Å². The summed E-state index contributed by atoms with van der Waals surface area (Å²) in [6, 6.07) is 5.38. The lowest BCUT2D eigenvalue weighted by atomic mass is 10.2. The Morgan fingerprint density at radius 2 is 2.11 bits per heavy atom. The minimum Gasteiger partial charge on any atom is -0.489 e. The topological polar surface area (TPSA) is 62.3 Å². The van der Waals surface area contributed by atoms with E-state index in [1.54, 1.807) is 23.0 Å². The van der Waals surface area contributed by atoms with E-state index in [9.17, 15) is 0 Å². The predicted molar refractivity (Wildman–Crippen MR) is 74.6 cm³/mol. The first kappa shape index (κ1) is 13.3. The van der Waals surface area contributed by atoms with Crippen molar-refractivity contribution in [3.8, 4) is 17.2 Å². The van der Waals surface area contributed by atoms with E-state index in [-0.39, 0.29) is 6.10 Å². The molecule has 5 heteroatoms. The average Bonchev–Trinajstić information content (AvgIpc) is 2.80. The fourth-order valence-electron chi connectivity index (χ4n) is 1.64. The number of ether oxygens (including phenoxy) is 2. The highest BCUT2D eigenvalue weighted by Crippen LogP contribution is 2.30. The molecular formula is C14H19N3O2. The summed E-state index contributed by atoms with van der Waals surface area (Å²) < 4.78 is 13.1. The van der Waals surface area contributed by atoms with Crippen LogP contribution in [-0.4, -0.2) is 15.9 Å². The maximum Gasteiger partial charge on any atom is 0.165 e. The fourth-order valence-corrected chi connectivity index (χ4v) is 1.64. The highest BCUT2D eigenvalue weighted by Gasteiger charge is 2.07. The first-order chi connectivity index (χ1) is 9.08. The van der Waals surface area contributed by atoms with Gasteiger partial charge in [0.05, 0.1) is 24.2 Å². The molecule has 0 unspecified atom stereocenters. The third kappa shape index (κ3) is 3.40. The number of aryl methyl sites for hydroxylation is 1. The molecule has 2 N–H and O–H groups in total. The van der Waals surface area contributed by atoms with Crippen LogP contribution in [0.2, 0.25) is 0 Å². The van der Waals surface area contributed by atoms with E-state index in [4.69, 9.17) is 15.2 Å². The minimum absolute atomic E-state index is 0.0698. The molecule has 0 bridgehead atoms. The van der Waals surface area contributed by atoms with Crippen LogP contribution >= 0.6 is 0 Å². The number of benzene rings is 1. The lowest BCUT2D eigenvalue weighted by Gasteiger charge is -2.13. The number of hydrogen-bond donors (Lipinski definition) is 1. The Balaban J connectivity index is 2.16. The normalized spacial score (nSPS) is 10.7. The Kier molecular flexibility index (Phi) is 3.94. The van der Waals surface area contributed by atoms with Crippen LogP contribution in [0.25, 0.3) is 0 Å².